The zero-order chi connectivity index (χ0) is 23.8. The average Bonchev–Trinajstić information content (AvgIpc) is 2.62. The minimum Gasteiger partial charge on any atom is -0.457 e. The van der Waals surface area contributed by atoms with E-state index in [1.807, 2.05) is 0 Å². The molecule has 4 bridgehead atoms. The number of carbonyl (C=O) groups excluding carboxylic acids is 3. The third-order valence-electron chi connectivity index (χ3n) is 6.67. The van der Waals surface area contributed by atoms with Crippen LogP contribution in [0.2, 0.25) is 0 Å². The highest BCUT2D eigenvalue weighted by Gasteiger charge is 2.52. The van der Waals surface area contributed by atoms with E-state index < -0.39 is 28.9 Å². The first-order chi connectivity index (χ1) is 14.7. The summed E-state index contributed by atoms with van der Waals surface area (Å²) in [5, 5.41) is 2.47. The summed E-state index contributed by atoms with van der Waals surface area (Å²) in [6.07, 6.45) is 7.73. The van der Waals surface area contributed by atoms with Crippen LogP contribution in [0.25, 0.3) is 0 Å². The van der Waals surface area contributed by atoms with Crippen molar-refractivity contribution in [2.75, 3.05) is 13.2 Å². The molecule has 0 aliphatic heterocycles. The Hall–Kier alpha value is -1.92. The van der Waals surface area contributed by atoms with Gasteiger partial charge in [-0.2, -0.15) is 4.99 Å². The van der Waals surface area contributed by atoms with Crippen LogP contribution in [0.4, 0.5) is 4.79 Å². The summed E-state index contributed by atoms with van der Waals surface area (Å²) < 4.78 is 16.8. The summed E-state index contributed by atoms with van der Waals surface area (Å²) in [4.78, 5) is 40.7. The van der Waals surface area contributed by atoms with Gasteiger partial charge in [-0.3, -0.25) is 5.32 Å². The lowest BCUT2D eigenvalue weighted by atomic mass is 9.50. The Balaban J connectivity index is 1.72. The molecule has 0 aromatic heterocycles. The largest absolute Gasteiger partial charge is 0.457 e. The molecular weight excluding hydrogens is 412 g/mol. The molecule has 8 heteroatoms. The maximum Gasteiger partial charge on any atom is 0.409 e. The molecule has 32 heavy (non-hydrogen) atoms. The number of amides is 1. The molecule has 0 aromatic carbocycles. The highest BCUT2D eigenvalue weighted by molar-refractivity contribution is 5.86. The SMILES string of the molecule is CC(C)(C)OC[C@@](N=C=O)(NC(=O)OCC12CC3CC(CC(C3)C1)C2)C(=O)OC(C)(C)C. The molecule has 4 fully saturated rings. The Kier molecular flexibility index (Phi) is 6.79. The Labute approximate surface area is 190 Å². The molecule has 0 heterocycles. The van der Waals surface area contributed by atoms with Gasteiger partial charge in [0.15, 0.2) is 0 Å². The predicted octanol–water partition coefficient (Wildman–Crippen LogP) is 4.12. The van der Waals surface area contributed by atoms with E-state index in [1.54, 1.807) is 41.5 Å². The van der Waals surface area contributed by atoms with Gasteiger partial charge in [0.2, 0.25) is 6.08 Å². The normalized spacial score (nSPS) is 30.8. The highest BCUT2D eigenvalue weighted by atomic mass is 16.6. The quantitative estimate of drug-likeness (QED) is 0.356. The standard InChI is InChI=1S/C24H38N2O6/c1-21(2,3)31-14-24(25-15-27,19(28)32-22(4,5)6)26-20(29)30-13-23-10-16-7-17(11-23)9-18(8-16)12-23/h16-18H,7-14H2,1-6H3,(H,26,29)/t16?,17?,18?,23?,24-/m1/s1. The van der Waals surface area contributed by atoms with E-state index in [9.17, 15) is 14.4 Å². The number of alkyl carbamates (subject to hydrolysis) is 1. The van der Waals surface area contributed by atoms with Crippen molar-refractivity contribution in [3.8, 4) is 0 Å². The Morgan fingerprint density at radius 3 is 1.94 bits per heavy atom. The minimum absolute atomic E-state index is 0.0243. The summed E-state index contributed by atoms with van der Waals surface area (Å²) in [7, 11) is 0. The lowest BCUT2D eigenvalue weighted by molar-refractivity contribution is -0.168. The third-order valence-corrected chi connectivity index (χ3v) is 6.67. The number of nitrogens with zero attached hydrogens (tertiary/aromatic N) is 1. The van der Waals surface area contributed by atoms with E-state index in [-0.39, 0.29) is 12.0 Å². The highest BCUT2D eigenvalue weighted by Crippen LogP contribution is 2.60. The van der Waals surface area contributed by atoms with Crippen LogP contribution >= 0.6 is 0 Å². The second-order valence-electron chi connectivity index (χ2n) is 12.1. The zero-order valence-electron chi connectivity index (χ0n) is 20.3. The number of carbonyl (C=O) groups is 2. The lowest BCUT2D eigenvalue weighted by Crippen LogP contribution is -2.59. The zero-order valence-corrected chi connectivity index (χ0v) is 20.3. The van der Waals surface area contributed by atoms with Crippen molar-refractivity contribution in [1.82, 2.24) is 5.32 Å². The van der Waals surface area contributed by atoms with E-state index in [4.69, 9.17) is 14.2 Å². The second-order valence-corrected chi connectivity index (χ2v) is 12.1. The minimum atomic E-state index is -2.07. The summed E-state index contributed by atoms with van der Waals surface area (Å²) in [6.45, 7) is 10.4. The van der Waals surface area contributed by atoms with Crippen LogP contribution in [-0.4, -0.2) is 48.2 Å². The van der Waals surface area contributed by atoms with Crippen molar-refractivity contribution in [2.24, 2.45) is 28.2 Å². The van der Waals surface area contributed by atoms with Gasteiger partial charge >= 0.3 is 12.1 Å². The first-order valence-electron chi connectivity index (χ1n) is 11.6. The molecule has 0 spiro atoms. The first kappa shape index (κ1) is 24.7. The first-order valence-corrected chi connectivity index (χ1v) is 11.6. The van der Waals surface area contributed by atoms with E-state index in [1.165, 1.54) is 25.3 Å². The van der Waals surface area contributed by atoms with Gasteiger partial charge in [-0.05, 0) is 97.8 Å². The van der Waals surface area contributed by atoms with Crippen molar-refractivity contribution < 1.29 is 28.6 Å². The molecule has 4 rings (SSSR count). The molecule has 4 aliphatic carbocycles. The molecular formula is C24H38N2O6. The topological polar surface area (TPSA) is 103 Å². The lowest BCUT2D eigenvalue weighted by Gasteiger charge is -2.56. The number of rotatable bonds is 7. The molecule has 4 saturated carbocycles. The molecule has 1 amide bonds. The van der Waals surface area contributed by atoms with Crippen molar-refractivity contribution in [3.63, 3.8) is 0 Å². The predicted molar refractivity (Wildman–Crippen MR) is 117 cm³/mol. The van der Waals surface area contributed by atoms with E-state index >= 15 is 0 Å². The molecule has 0 aromatic rings. The number of ether oxygens (including phenoxy) is 3. The van der Waals surface area contributed by atoms with Crippen LogP contribution in [0.15, 0.2) is 4.99 Å². The molecule has 1 atom stereocenters. The molecule has 4 aliphatic rings. The van der Waals surface area contributed by atoms with Gasteiger partial charge in [-0.15, -0.1) is 0 Å². The van der Waals surface area contributed by atoms with Crippen molar-refractivity contribution in [1.29, 1.82) is 0 Å². The fraction of sp³-hybridized carbons (Fsp3) is 0.875. The molecule has 180 valence electrons. The van der Waals surface area contributed by atoms with Crippen molar-refractivity contribution >= 4 is 18.1 Å². The summed E-state index contributed by atoms with van der Waals surface area (Å²) in [5.74, 6) is 1.29. The monoisotopic (exact) mass is 450 g/mol. The van der Waals surface area contributed by atoms with Crippen molar-refractivity contribution in [3.05, 3.63) is 0 Å². The van der Waals surface area contributed by atoms with Crippen LogP contribution in [0.3, 0.4) is 0 Å². The Morgan fingerprint density at radius 1 is 0.969 bits per heavy atom. The van der Waals surface area contributed by atoms with Crippen LogP contribution < -0.4 is 5.32 Å². The second kappa shape index (κ2) is 8.79. The molecule has 8 nitrogen and oxygen atoms in total. The van der Waals surface area contributed by atoms with Gasteiger partial charge in [0, 0.05) is 5.41 Å². The summed E-state index contributed by atoms with van der Waals surface area (Å²) in [6, 6.07) is 0. The van der Waals surface area contributed by atoms with Gasteiger partial charge in [0.1, 0.15) is 12.2 Å². The smallest absolute Gasteiger partial charge is 0.409 e. The molecule has 0 saturated heterocycles. The van der Waals surface area contributed by atoms with Gasteiger partial charge in [-0.1, -0.05) is 0 Å². The number of nitrogens with one attached hydrogen (secondary N) is 1. The van der Waals surface area contributed by atoms with E-state index in [0.29, 0.717) is 6.61 Å². The fourth-order valence-corrected chi connectivity index (χ4v) is 5.90. The van der Waals surface area contributed by atoms with Crippen LogP contribution in [0, 0.1) is 23.2 Å². The maximum absolute atomic E-state index is 13.0. The van der Waals surface area contributed by atoms with Gasteiger partial charge in [0.05, 0.1) is 12.2 Å². The average molecular weight is 451 g/mol. The third kappa shape index (κ3) is 6.10. The summed E-state index contributed by atoms with van der Waals surface area (Å²) in [5.41, 5.74) is -3.54. The summed E-state index contributed by atoms with van der Waals surface area (Å²) >= 11 is 0. The number of aliphatic imine (C=N–C) groups is 1. The van der Waals surface area contributed by atoms with Crippen LogP contribution in [-0.2, 0) is 23.8 Å². The fourth-order valence-electron chi connectivity index (χ4n) is 5.90. The number of hydrogen-bond acceptors (Lipinski definition) is 7. The van der Waals surface area contributed by atoms with Gasteiger partial charge in [-0.25, -0.2) is 14.4 Å². The van der Waals surface area contributed by atoms with Crippen LogP contribution in [0.1, 0.15) is 80.1 Å². The Morgan fingerprint density at radius 2 is 1.50 bits per heavy atom. The Bertz CT molecular complexity index is 739. The molecule has 0 unspecified atom stereocenters. The number of isocyanates is 1. The molecule has 1 N–H and O–H groups in total. The van der Waals surface area contributed by atoms with Gasteiger partial charge < -0.3 is 14.2 Å². The van der Waals surface area contributed by atoms with E-state index in [0.717, 1.165) is 37.0 Å². The number of hydrogen-bond donors (Lipinski definition) is 1. The van der Waals surface area contributed by atoms with E-state index in [2.05, 4.69) is 10.3 Å². The maximum atomic E-state index is 13.0. The van der Waals surface area contributed by atoms with Crippen LogP contribution in [0.5, 0.6) is 0 Å². The van der Waals surface area contributed by atoms with Gasteiger partial charge in [0.25, 0.3) is 5.66 Å². The molecule has 0 radical (unpaired) electrons. The van der Waals surface area contributed by atoms with Crippen molar-refractivity contribution in [2.45, 2.75) is 96.9 Å². The number of esters is 1.